The summed E-state index contributed by atoms with van der Waals surface area (Å²) in [5, 5.41) is 17.6. The molecule has 0 spiro atoms. The molecule has 13 heteroatoms. The van der Waals surface area contributed by atoms with Gasteiger partial charge in [-0.25, -0.2) is 9.59 Å². The number of amides is 2. The van der Waals surface area contributed by atoms with Crippen molar-refractivity contribution in [3.8, 4) is 0 Å². The van der Waals surface area contributed by atoms with Crippen LogP contribution in [0, 0.1) is 0 Å². The number of carboxylic acids is 2. The first-order valence-electron chi connectivity index (χ1n) is 11.9. The van der Waals surface area contributed by atoms with E-state index in [9.17, 15) is 22.8 Å². The van der Waals surface area contributed by atoms with Crippen LogP contribution in [0.2, 0.25) is 0 Å². The maximum atomic E-state index is 12.9. The largest absolute Gasteiger partial charge is 0.473 e. The number of ether oxygens (including phenoxy) is 1. The SMILES string of the molecule is COC1CN(CCCC(=O)N2CCCC2)CCC1NC(=O)c1cccc(C(F)(F)F)c1.O=C(O)C(=O)O. The molecule has 0 aliphatic carbocycles. The van der Waals surface area contributed by atoms with Gasteiger partial charge in [0.05, 0.1) is 17.7 Å². The monoisotopic (exact) mass is 531 g/mol. The van der Waals surface area contributed by atoms with Gasteiger partial charge in [0.25, 0.3) is 5.91 Å². The second-order valence-electron chi connectivity index (χ2n) is 8.82. The summed E-state index contributed by atoms with van der Waals surface area (Å²) in [4.78, 5) is 47.0. The Morgan fingerprint density at radius 2 is 1.73 bits per heavy atom. The summed E-state index contributed by atoms with van der Waals surface area (Å²) in [7, 11) is 1.56. The van der Waals surface area contributed by atoms with Gasteiger partial charge >= 0.3 is 18.1 Å². The zero-order valence-electron chi connectivity index (χ0n) is 20.5. The zero-order valence-corrected chi connectivity index (χ0v) is 20.5. The number of alkyl halides is 3. The van der Waals surface area contributed by atoms with Crippen LogP contribution in [-0.2, 0) is 25.3 Å². The number of nitrogens with zero attached hydrogens (tertiary/aromatic N) is 2. The van der Waals surface area contributed by atoms with Crippen molar-refractivity contribution in [2.45, 2.75) is 50.4 Å². The number of carbonyl (C=O) groups excluding carboxylic acids is 2. The van der Waals surface area contributed by atoms with Crippen molar-refractivity contribution in [2.75, 3.05) is 39.8 Å². The topological polar surface area (TPSA) is 136 Å². The highest BCUT2D eigenvalue weighted by Gasteiger charge is 2.33. The van der Waals surface area contributed by atoms with Crippen LogP contribution in [-0.4, -0.2) is 95.7 Å². The fraction of sp³-hybridized carbons (Fsp3) is 0.583. The summed E-state index contributed by atoms with van der Waals surface area (Å²) in [6, 6.07) is 4.14. The number of carbonyl (C=O) groups is 4. The van der Waals surface area contributed by atoms with Crippen molar-refractivity contribution in [3.05, 3.63) is 35.4 Å². The van der Waals surface area contributed by atoms with Crippen molar-refractivity contribution in [1.29, 1.82) is 0 Å². The molecule has 3 N–H and O–H groups in total. The lowest BCUT2D eigenvalue weighted by Gasteiger charge is -2.38. The Morgan fingerprint density at radius 3 is 2.30 bits per heavy atom. The van der Waals surface area contributed by atoms with Gasteiger partial charge in [-0.3, -0.25) is 9.59 Å². The van der Waals surface area contributed by atoms with Crippen molar-refractivity contribution in [3.63, 3.8) is 0 Å². The number of hydrogen-bond acceptors (Lipinski definition) is 6. The Bertz CT molecular complexity index is 940. The molecule has 10 nitrogen and oxygen atoms in total. The van der Waals surface area contributed by atoms with E-state index in [4.69, 9.17) is 24.5 Å². The molecule has 2 amide bonds. The van der Waals surface area contributed by atoms with Crippen molar-refractivity contribution in [2.24, 2.45) is 0 Å². The number of methoxy groups -OCH3 is 1. The second-order valence-corrected chi connectivity index (χ2v) is 8.82. The average molecular weight is 532 g/mol. The number of piperidine rings is 1. The molecular formula is C24H32F3N3O7. The van der Waals surface area contributed by atoms with Crippen LogP contribution >= 0.6 is 0 Å². The lowest BCUT2D eigenvalue weighted by atomic mass is 10.00. The molecule has 0 radical (unpaired) electrons. The first-order chi connectivity index (χ1) is 17.4. The molecule has 2 aliphatic rings. The summed E-state index contributed by atoms with van der Waals surface area (Å²) in [6.45, 7) is 3.82. The minimum Gasteiger partial charge on any atom is -0.473 e. The molecule has 206 valence electrons. The van der Waals surface area contributed by atoms with Crippen LogP contribution < -0.4 is 5.32 Å². The standard InChI is InChI=1S/C22H30F3N3O3.C2H2O4/c1-31-19-15-27(10-5-8-20(29)28-11-2-3-12-28)13-9-18(19)26-21(30)16-6-4-7-17(14-16)22(23,24)25;3-1(4)2(5)6/h4,6-7,14,18-19H,2-3,5,8-13,15H2,1H3,(H,26,30);(H,3,4)(H,5,6). The zero-order chi connectivity index (χ0) is 27.6. The van der Waals surface area contributed by atoms with Crippen LogP contribution in [0.1, 0.15) is 48.0 Å². The van der Waals surface area contributed by atoms with Crippen LogP contribution in [0.15, 0.2) is 24.3 Å². The maximum Gasteiger partial charge on any atom is 0.416 e. The predicted molar refractivity (Wildman–Crippen MR) is 125 cm³/mol. The Labute approximate surface area is 212 Å². The maximum absolute atomic E-state index is 12.9. The third kappa shape index (κ3) is 9.65. The third-order valence-corrected chi connectivity index (χ3v) is 6.22. The molecule has 2 aliphatic heterocycles. The number of aliphatic carboxylic acids is 2. The van der Waals surface area contributed by atoms with Crippen molar-refractivity contribution in [1.82, 2.24) is 15.1 Å². The van der Waals surface area contributed by atoms with Crippen molar-refractivity contribution < 1.29 is 47.3 Å². The van der Waals surface area contributed by atoms with Gasteiger partial charge in [-0.15, -0.1) is 0 Å². The molecule has 2 unspecified atom stereocenters. The molecule has 2 atom stereocenters. The fourth-order valence-electron chi connectivity index (χ4n) is 4.25. The molecule has 2 fully saturated rings. The lowest BCUT2D eigenvalue weighted by molar-refractivity contribution is -0.159. The number of carboxylic acid groups (broad SMARTS) is 2. The molecule has 0 bridgehead atoms. The molecule has 2 saturated heterocycles. The van der Waals surface area contributed by atoms with Crippen LogP contribution in [0.3, 0.4) is 0 Å². The van der Waals surface area contributed by atoms with Gasteiger partial charge in [0.1, 0.15) is 0 Å². The third-order valence-electron chi connectivity index (χ3n) is 6.22. The van der Waals surface area contributed by atoms with E-state index < -0.39 is 29.6 Å². The number of rotatable bonds is 7. The Morgan fingerprint density at radius 1 is 1.08 bits per heavy atom. The van der Waals surface area contributed by atoms with Crippen LogP contribution in [0.25, 0.3) is 0 Å². The van der Waals surface area contributed by atoms with E-state index >= 15 is 0 Å². The lowest BCUT2D eigenvalue weighted by Crippen LogP contribution is -2.55. The minimum atomic E-state index is -4.49. The van der Waals surface area contributed by atoms with Gasteiger partial charge in [-0.1, -0.05) is 6.07 Å². The number of hydrogen-bond donors (Lipinski definition) is 3. The van der Waals surface area contributed by atoms with Gasteiger partial charge in [-0.05, 0) is 50.4 Å². The number of benzene rings is 1. The molecule has 2 heterocycles. The molecule has 0 saturated carbocycles. The predicted octanol–water partition coefficient (Wildman–Crippen LogP) is 2.08. The van der Waals surface area contributed by atoms with E-state index in [0.717, 1.165) is 57.6 Å². The number of likely N-dealkylation sites (tertiary alicyclic amines) is 2. The number of nitrogens with one attached hydrogen (secondary N) is 1. The molecular weight excluding hydrogens is 499 g/mol. The molecule has 37 heavy (non-hydrogen) atoms. The van der Waals surface area contributed by atoms with Gasteiger partial charge in [-0.2, -0.15) is 13.2 Å². The van der Waals surface area contributed by atoms with E-state index in [1.54, 1.807) is 7.11 Å². The van der Waals surface area contributed by atoms with E-state index in [1.807, 2.05) is 4.90 Å². The van der Waals surface area contributed by atoms with Crippen LogP contribution in [0.5, 0.6) is 0 Å². The molecule has 1 aromatic carbocycles. The molecule has 3 rings (SSSR count). The highest BCUT2D eigenvalue weighted by atomic mass is 19.4. The quantitative estimate of drug-likeness (QED) is 0.455. The summed E-state index contributed by atoms with van der Waals surface area (Å²) < 4.78 is 44.3. The van der Waals surface area contributed by atoms with E-state index in [1.165, 1.54) is 12.1 Å². The van der Waals surface area contributed by atoms with E-state index in [-0.39, 0.29) is 23.6 Å². The van der Waals surface area contributed by atoms with Gasteiger partial charge in [0.2, 0.25) is 5.91 Å². The fourth-order valence-corrected chi connectivity index (χ4v) is 4.25. The van der Waals surface area contributed by atoms with Gasteiger partial charge < -0.3 is 30.1 Å². The number of halogens is 3. The van der Waals surface area contributed by atoms with Crippen LogP contribution in [0.4, 0.5) is 13.2 Å². The Kier molecular flexibility index (Phi) is 11.3. The average Bonchev–Trinajstić information content (AvgIpc) is 3.40. The van der Waals surface area contributed by atoms with Crippen molar-refractivity contribution >= 4 is 23.8 Å². The smallest absolute Gasteiger partial charge is 0.416 e. The molecule has 1 aromatic rings. The first kappa shape index (κ1) is 30.0. The first-order valence-corrected chi connectivity index (χ1v) is 11.9. The second kappa shape index (κ2) is 13.9. The Balaban J connectivity index is 0.000000717. The van der Waals surface area contributed by atoms with Gasteiger partial charge in [0, 0.05) is 45.3 Å². The highest BCUT2D eigenvalue weighted by molar-refractivity contribution is 6.27. The minimum absolute atomic E-state index is 0.0208. The Hall–Kier alpha value is -3.19. The van der Waals surface area contributed by atoms with E-state index in [2.05, 4.69) is 10.2 Å². The summed E-state index contributed by atoms with van der Waals surface area (Å²) >= 11 is 0. The van der Waals surface area contributed by atoms with E-state index in [0.29, 0.717) is 19.4 Å². The summed E-state index contributed by atoms with van der Waals surface area (Å²) in [5.41, 5.74) is -0.866. The normalized spacial score (nSPS) is 20.1. The highest BCUT2D eigenvalue weighted by Crippen LogP contribution is 2.29. The summed E-state index contributed by atoms with van der Waals surface area (Å²) in [5.74, 6) is -3.98. The molecule has 0 aromatic heterocycles. The summed E-state index contributed by atoms with van der Waals surface area (Å²) in [6.07, 6.45) is -0.660. The van der Waals surface area contributed by atoms with Gasteiger partial charge in [0.15, 0.2) is 0 Å².